The molecular formula is C29H35NO3S2. The van der Waals surface area contributed by atoms with E-state index < -0.39 is 5.60 Å². The van der Waals surface area contributed by atoms with Gasteiger partial charge in [0.25, 0.3) is 0 Å². The highest BCUT2D eigenvalue weighted by atomic mass is 32.2. The van der Waals surface area contributed by atoms with Crippen molar-refractivity contribution in [3.63, 3.8) is 0 Å². The van der Waals surface area contributed by atoms with Crippen molar-refractivity contribution >= 4 is 35.2 Å². The van der Waals surface area contributed by atoms with E-state index in [0.717, 1.165) is 59.6 Å². The lowest BCUT2D eigenvalue weighted by Crippen LogP contribution is -2.56. The molecule has 3 saturated carbocycles. The molecule has 1 N–H and O–H groups in total. The number of ketones is 1. The van der Waals surface area contributed by atoms with Gasteiger partial charge < -0.3 is 5.11 Å². The highest BCUT2D eigenvalue weighted by Crippen LogP contribution is 2.64. The largest absolute Gasteiger partial charge is 0.381 e. The van der Waals surface area contributed by atoms with Crippen molar-refractivity contribution in [2.75, 3.05) is 5.75 Å². The highest BCUT2D eigenvalue weighted by molar-refractivity contribution is 8.01. The van der Waals surface area contributed by atoms with Crippen molar-refractivity contribution < 1.29 is 14.7 Å². The summed E-state index contributed by atoms with van der Waals surface area (Å²) in [6.07, 6.45) is 11.1. The van der Waals surface area contributed by atoms with Crippen LogP contribution in [0.4, 0.5) is 0 Å². The number of carbonyl (C=O) groups excluding carboxylic acids is 2. The zero-order chi connectivity index (χ0) is 24.6. The SMILES string of the molecule is CCC1/C(=C\C=O)CCC2C1CCC1(C)C2CC[C@]1(O)C(=O)CSc1ncc(-c2ccccc2)s1. The fourth-order valence-corrected chi connectivity index (χ4v) is 9.62. The molecule has 0 aliphatic heterocycles. The van der Waals surface area contributed by atoms with Crippen LogP contribution in [0.1, 0.15) is 58.8 Å². The Morgan fingerprint density at radius 2 is 2.00 bits per heavy atom. The summed E-state index contributed by atoms with van der Waals surface area (Å²) in [6.45, 7) is 4.41. The molecule has 2 aromatic rings. The van der Waals surface area contributed by atoms with Crippen molar-refractivity contribution in [3.05, 3.63) is 48.2 Å². The maximum absolute atomic E-state index is 13.6. The number of hydrogen-bond acceptors (Lipinski definition) is 6. The zero-order valence-electron chi connectivity index (χ0n) is 20.6. The van der Waals surface area contributed by atoms with E-state index in [2.05, 4.69) is 31.0 Å². The first-order valence-corrected chi connectivity index (χ1v) is 14.8. The van der Waals surface area contributed by atoms with E-state index in [9.17, 15) is 14.7 Å². The Balaban J connectivity index is 1.29. The number of fused-ring (bicyclic) bond motifs is 3. The average molecular weight is 510 g/mol. The molecule has 1 aromatic heterocycles. The Bertz CT molecular complexity index is 1110. The molecule has 0 amide bonds. The zero-order valence-corrected chi connectivity index (χ0v) is 22.2. The van der Waals surface area contributed by atoms with Crippen LogP contribution in [0.15, 0.2) is 52.5 Å². The predicted molar refractivity (Wildman–Crippen MR) is 142 cm³/mol. The molecule has 3 aliphatic rings. The minimum absolute atomic E-state index is 0.0354. The van der Waals surface area contributed by atoms with Crippen LogP contribution in [0.5, 0.6) is 0 Å². The van der Waals surface area contributed by atoms with Gasteiger partial charge in [-0.2, -0.15) is 0 Å². The summed E-state index contributed by atoms with van der Waals surface area (Å²) in [7, 11) is 0. The van der Waals surface area contributed by atoms with Crippen LogP contribution in [0, 0.1) is 29.1 Å². The van der Waals surface area contributed by atoms with Crippen molar-refractivity contribution in [1.29, 1.82) is 0 Å². The summed E-state index contributed by atoms with van der Waals surface area (Å²) in [5, 5.41) is 11.9. The highest BCUT2D eigenvalue weighted by Gasteiger charge is 2.64. The molecule has 4 nitrogen and oxygen atoms in total. The van der Waals surface area contributed by atoms with Crippen LogP contribution in [-0.2, 0) is 9.59 Å². The molecule has 0 saturated heterocycles. The standard InChI is InChI=1S/C29H35NO3S2/c1-3-21-19(13-16-31)9-10-23-22(21)11-14-28(2)24(23)12-15-29(28,33)26(32)18-34-27-30-17-25(35-27)20-7-5-4-6-8-20/h4-8,13,16-17,21-24,33H,3,9-12,14-15,18H2,1-2H3/b19-13-/t21?,22?,23?,24?,28?,29-/m0/s1. The molecule has 0 spiro atoms. The van der Waals surface area contributed by atoms with Gasteiger partial charge in [0.15, 0.2) is 10.1 Å². The van der Waals surface area contributed by atoms with E-state index in [1.807, 2.05) is 24.4 Å². The van der Waals surface area contributed by atoms with E-state index in [0.29, 0.717) is 30.1 Å². The Kier molecular flexibility index (Phi) is 7.08. The third-order valence-electron chi connectivity index (χ3n) is 9.46. The number of rotatable bonds is 7. The molecule has 6 atom stereocenters. The second-order valence-corrected chi connectivity index (χ2v) is 13.0. The number of thiazole rings is 1. The third kappa shape index (κ3) is 4.25. The Labute approximate surface area is 216 Å². The maximum Gasteiger partial charge on any atom is 0.175 e. The van der Waals surface area contributed by atoms with Crippen LogP contribution < -0.4 is 0 Å². The molecule has 5 unspecified atom stereocenters. The molecule has 6 heteroatoms. The van der Waals surface area contributed by atoms with E-state index in [1.165, 1.54) is 17.3 Å². The minimum atomic E-state index is -1.25. The van der Waals surface area contributed by atoms with Gasteiger partial charge in [-0.05, 0) is 80.3 Å². The van der Waals surface area contributed by atoms with E-state index in [4.69, 9.17) is 0 Å². The number of aliphatic hydroxyl groups is 1. The Morgan fingerprint density at radius 1 is 1.20 bits per heavy atom. The third-order valence-corrected chi connectivity index (χ3v) is 11.7. The van der Waals surface area contributed by atoms with Gasteiger partial charge >= 0.3 is 0 Å². The quantitative estimate of drug-likeness (QED) is 0.259. The van der Waals surface area contributed by atoms with Crippen molar-refractivity contribution in [3.8, 4) is 10.4 Å². The topological polar surface area (TPSA) is 67.3 Å². The summed E-state index contributed by atoms with van der Waals surface area (Å²) < 4.78 is 0.872. The lowest BCUT2D eigenvalue weighted by atomic mass is 9.51. The number of aldehydes is 1. The van der Waals surface area contributed by atoms with Gasteiger partial charge in [0.2, 0.25) is 0 Å². The predicted octanol–water partition coefficient (Wildman–Crippen LogP) is 6.59. The summed E-state index contributed by atoms with van der Waals surface area (Å²) in [4.78, 5) is 30.3. The van der Waals surface area contributed by atoms with Crippen LogP contribution in [0.3, 0.4) is 0 Å². The van der Waals surface area contributed by atoms with Gasteiger partial charge in [-0.1, -0.05) is 61.5 Å². The second kappa shape index (κ2) is 9.95. The lowest BCUT2D eigenvalue weighted by molar-refractivity contribution is -0.157. The van der Waals surface area contributed by atoms with Crippen molar-refractivity contribution in [2.45, 2.75) is 68.7 Å². The van der Waals surface area contributed by atoms with Crippen LogP contribution in [0.25, 0.3) is 10.4 Å². The number of aromatic nitrogens is 1. The monoisotopic (exact) mass is 509 g/mol. The average Bonchev–Trinajstić information content (AvgIpc) is 3.46. The smallest absolute Gasteiger partial charge is 0.175 e. The lowest BCUT2D eigenvalue weighted by Gasteiger charge is -2.54. The number of carbonyl (C=O) groups is 2. The van der Waals surface area contributed by atoms with Gasteiger partial charge in [-0.25, -0.2) is 4.98 Å². The molecule has 1 heterocycles. The Morgan fingerprint density at radius 3 is 2.74 bits per heavy atom. The van der Waals surface area contributed by atoms with Gasteiger partial charge in [0.05, 0.1) is 10.6 Å². The first kappa shape index (κ1) is 24.9. The molecule has 0 radical (unpaired) electrons. The second-order valence-electron chi connectivity index (χ2n) is 10.8. The molecule has 3 fully saturated rings. The number of benzene rings is 1. The van der Waals surface area contributed by atoms with Crippen molar-refractivity contribution in [2.24, 2.45) is 29.1 Å². The van der Waals surface area contributed by atoms with E-state index in [1.54, 1.807) is 17.4 Å². The minimum Gasteiger partial charge on any atom is -0.381 e. The summed E-state index contributed by atoms with van der Waals surface area (Å²) in [5.74, 6) is 2.16. The summed E-state index contributed by atoms with van der Waals surface area (Å²) in [6, 6.07) is 10.2. The molecule has 0 bridgehead atoms. The Hall–Kier alpha value is -1.76. The summed E-state index contributed by atoms with van der Waals surface area (Å²) >= 11 is 3.06. The molecular weight excluding hydrogens is 474 g/mol. The number of thioether (sulfide) groups is 1. The first-order valence-electron chi connectivity index (χ1n) is 12.9. The number of hydrogen-bond donors (Lipinski definition) is 1. The van der Waals surface area contributed by atoms with Gasteiger partial charge in [0, 0.05) is 11.6 Å². The van der Waals surface area contributed by atoms with E-state index in [-0.39, 0.29) is 17.0 Å². The van der Waals surface area contributed by atoms with Crippen LogP contribution >= 0.6 is 23.1 Å². The van der Waals surface area contributed by atoms with Gasteiger partial charge in [0.1, 0.15) is 11.9 Å². The van der Waals surface area contributed by atoms with Crippen molar-refractivity contribution in [1.82, 2.24) is 4.98 Å². The van der Waals surface area contributed by atoms with Crippen LogP contribution in [-0.4, -0.2) is 33.5 Å². The van der Waals surface area contributed by atoms with Gasteiger partial charge in [-0.15, -0.1) is 11.3 Å². The fourth-order valence-electron chi connectivity index (χ4n) is 7.67. The maximum atomic E-state index is 13.6. The van der Waals surface area contributed by atoms with Crippen LogP contribution in [0.2, 0.25) is 0 Å². The fraction of sp³-hybridized carbons (Fsp3) is 0.552. The normalized spacial score (nSPS) is 35.5. The summed E-state index contributed by atoms with van der Waals surface area (Å²) in [5.41, 5.74) is 0.823. The molecule has 1 aromatic carbocycles. The number of allylic oxidation sites excluding steroid dienone is 2. The van der Waals surface area contributed by atoms with Gasteiger partial charge in [-0.3, -0.25) is 9.59 Å². The molecule has 186 valence electrons. The molecule has 3 aliphatic carbocycles. The first-order chi connectivity index (χ1) is 16.9. The molecule has 35 heavy (non-hydrogen) atoms. The molecule has 5 rings (SSSR count). The van der Waals surface area contributed by atoms with E-state index >= 15 is 0 Å². The number of nitrogens with zero attached hydrogens (tertiary/aromatic N) is 1. The number of Topliss-reactive ketones (excluding diaryl/α,β-unsaturated/α-hetero) is 1.